The standard InChI is InChI=1S/C12H19N3O2/c13-6-7-15(11-3-1-2-4-11)12(16)14-10-5-8-17-9-10/h10-11H,1-5,7-9H2,(H,14,16). The van der Waals surface area contributed by atoms with E-state index in [4.69, 9.17) is 10.00 Å². The summed E-state index contributed by atoms with van der Waals surface area (Å²) >= 11 is 0. The highest BCUT2D eigenvalue weighted by Crippen LogP contribution is 2.23. The average Bonchev–Trinajstić information content (AvgIpc) is 2.97. The third kappa shape index (κ3) is 3.10. The van der Waals surface area contributed by atoms with E-state index in [0.717, 1.165) is 32.1 Å². The molecule has 2 aliphatic rings. The molecule has 2 fully saturated rings. The molecule has 1 aliphatic heterocycles. The molecular weight excluding hydrogens is 218 g/mol. The fourth-order valence-corrected chi connectivity index (χ4v) is 2.56. The molecule has 17 heavy (non-hydrogen) atoms. The van der Waals surface area contributed by atoms with Crippen LogP contribution in [0, 0.1) is 11.3 Å². The number of hydrogen-bond acceptors (Lipinski definition) is 3. The Bertz CT molecular complexity index is 301. The van der Waals surface area contributed by atoms with E-state index in [1.54, 1.807) is 4.90 Å². The molecule has 0 radical (unpaired) electrons. The number of urea groups is 1. The second-order valence-electron chi connectivity index (χ2n) is 4.73. The van der Waals surface area contributed by atoms with Crippen molar-refractivity contribution in [3.8, 4) is 6.07 Å². The van der Waals surface area contributed by atoms with Crippen molar-refractivity contribution in [2.75, 3.05) is 19.8 Å². The maximum Gasteiger partial charge on any atom is 0.318 e. The molecular formula is C12H19N3O2. The van der Waals surface area contributed by atoms with Gasteiger partial charge in [-0.1, -0.05) is 12.8 Å². The molecule has 0 spiro atoms. The Hall–Kier alpha value is -1.28. The van der Waals surface area contributed by atoms with Crippen LogP contribution < -0.4 is 5.32 Å². The third-order valence-electron chi connectivity index (χ3n) is 3.52. The number of hydrogen-bond donors (Lipinski definition) is 1. The van der Waals surface area contributed by atoms with Gasteiger partial charge in [-0.15, -0.1) is 0 Å². The fraction of sp³-hybridized carbons (Fsp3) is 0.833. The first-order valence-corrected chi connectivity index (χ1v) is 6.33. The molecule has 0 aromatic carbocycles. The largest absolute Gasteiger partial charge is 0.379 e. The van der Waals surface area contributed by atoms with Gasteiger partial charge in [0.1, 0.15) is 6.54 Å². The highest BCUT2D eigenvalue weighted by molar-refractivity contribution is 5.75. The lowest BCUT2D eigenvalue weighted by molar-refractivity contribution is 0.170. The molecule has 0 aromatic rings. The first-order chi connectivity index (χ1) is 8.31. The highest BCUT2D eigenvalue weighted by atomic mass is 16.5. The predicted molar refractivity (Wildman–Crippen MR) is 62.3 cm³/mol. The van der Waals surface area contributed by atoms with Crippen molar-refractivity contribution in [3.05, 3.63) is 0 Å². The van der Waals surface area contributed by atoms with Gasteiger partial charge in [-0.2, -0.15) is 5.26 Å². The molecule has 1 atom stereocenters. The van der Waals surface area contributed by atoms with E-state index in [0.29, 0.717) is 13.2 Å². The van der Waals surface area contributed by atoms with Crippen molar-refractivity contribution in [2.24, 2.45) is 0 Å². The van der Waals surface area contributed by atoms with Crippen molar-refractivity contribution < 1.29 is 9.53 Å². The summed E-state index contributed by atoms with van der Waals surface area (Å²) in [5.74, 6) is 0. The van der Waals surface area contributed by atoms with Crippen LogP contribution in [0.1, 0.15) is 32.1 Å². The van der Waals surface area contributed by atoms with Crippen molar-refractivity contribution >= 4 is 6.03 Å². The molecule has 0 aromatic heterocycles. The number of nitrogens with one attached hydrogen (secondary N) is 1. The zero-order valence-electron chi connectivity index (χ0n) is 10.0. The molecule has 5 heteroatoms. The van der Waals surface area contributed by atoms with Crippen LogP contribution in [-0.4, -0.2) is 42.8 Å². The Balaban J connectivity index is 1.89. The van der Waals surface area contributed by atoms with Crippen molar-refractivity contribution in [1.29, 1.82) is 5.26 Å². The van der Waals surface area contributed by atoms with Gasteiger partial charge in [-0.25, -0.2) is 4.79 Å². The van der Waals surface area contributed by atoms with Gasteiger partial charge in [-0.3, -0.25) is 0 Å². The lowest BCUT2D eigenvalue weighted by Gasteiger charge is -2.27. The van der Waals surface area contributed by atoms with E-state index < -0.39 is 0 Å². The maximum absolute atomic E-state index is 12.1. The summed E-state index contributed by atoms with van der Waals surface area (Å²) in [6.07, 6.45) is 5.24. The van der Waals surface area contributed by atoms with Crippen LogP contribution in [0.2, 0.25) is 0 Å². The molecule has 2 rings (SSSR count). The van der Waals surface area contributed by atoms with Gasteiger partial charge < -0.3 is 15.0 Å². The minimum atomic E-state index is -0.103. The van der Waals surface area contributed by atoms with Crippen LogP contribution in [0.4, 0.5) is 4.79 Å². The first kappa shape index (κ1) is 12.2. The van der Waals surface area contributed by atoms with Gasteiger partial charge in [0, 0.05) is 12.6 Å². The van der Waals surface area contributed by atoms with Crippen LogP contribution in [0.5, 0.6) is 0 Å². The van der Waals surface area contributed by atoms with E-state index in [1.165, 1.54) is 0 Å². The van der Waals surface area contributed by atoms with Crippen LogP contribution in [0.15, 0.2) is 0 Å². The molecule has 1 saturated heterocycles. The minimum absolute atomic E-state index is 0.103. The topological polar surface area (TPSA) is 65.4 Å². The number of amides is 2. The number of rotatable bonds is 3. The Labute approximate surface area is 102 Å². The summed E-state index contributed by atoms with van der Waals surface area (Å²) in [4.78, 5) is 13.8. The number of nitriles is 1. The average molecular weight is 237 g/mol. The summed E-state index contributed by atoms with van der Waals surface area (Å²) in [6.45, 7) is 1.49. The molecule has 1 aliphatic carbocycles. The normalized spacial score (nSPS) is 24.5. The van der Waals surface area contributed by atoms with Crippen LogP contribution in [-0.2, 0) is 4.74 Å². The van der Waals surface area contributed by atoms with E-state index in [1.807, 2.05) is 0 Å². The first-order valence-electron chi connectivity index (χ1n) is 6.33. The maximum atomic E-state index is 12.1. The molecule has 0 bridgehead atoms. The monoisotopic (exact) mass is 237 g/mol. The van der Waals surface area contributed by atoms with Gasteiger partial charge in [0.05, 0.1) is 18.7 Å². The Kier molecular flexibility index (Phi) is 4.21. The Morgan fingerprint density at radius 1 is 1.41 bits per heavy atom. The summed E-state index contributed by atoms with van der Waals surface area (Å²) in [7, 11) is 0. The van der Waals surface area contributed by atoms with Crippen LogP contribution >= 0.6 is 0 Å². The quantitative estimate of drug-likeness (QED) is 0.751. The predicted octanol–water partition coefficient (Wildman–Crippen LogP) is 1.25. The summed E-state index contributed by atoms with van der Waals surface area (Å²) in [5, 5.41) is 11.8. The molecule has 2 amide bonds. The number of carbonyl (C=O) groups excluding carboxylic acids is 1. The lowest BCUT2D eigenvalue weighted by Crippen LogP contribution is -2.49. The van der Waals surface area contributed by atoms with Crippen molar-refractivity contribution in [3.63, 3.8) is 0 Å². The number of nitrogens with zero attached hydrogens (tertiary/aromatic N) is 2. The van der Waals surface area contributed by atoms with E-state index >= 15 is 0 Å². The number of ether oxygens (including phenoxy) is 1. The van der Waals surface area contributed by atoms with Gasteiger partial charge in [0.2, 0.25) is 0 Å². The summed E-state index contributed by atoms with van der Waals surface area (Å²) in [6, 6.07) is 2.34. The van der Waals surface area contributed by atoms with Gasteiger partial charge in [0.15, 0.2) is 0 Å². The van der Waals surface area contributed by atoms with Crippen LogP contribution in [0.3, 0.4) is 0 Å². The molecule has 1 heterocycles. The zero-order chi connectivity index (χ0) is 12.1. The second kappa shape index (κ2) is 5.87. The van der Waals surface area contributed by atoms with Crippen molar-refractivity contribution in [1.82, 2.24) is 10.2 Å². The highest BCUT2D eigenvalue weighted by Gasteiger charge is 2.28. The van der Waals surface area contributed by atoms with Crippen molar-refractivity contribution in [2.45, 2.75) is 44.2 Å². The third-order valence-corrected chi connectivity index (χ3v) is 3.52. The summed E-state index contributed by atoms with van der Waals surface area (Å²) < 4.78 is 5.22. The van der Waals surface area contributed by atoms with E-state index in [2.05, 4.69) is 11.4 Å². The smallest absolute Gasteiger partial charge is 0.318 e. The van der Waals surface area contributed by atoms with Gasteiger partial charge in [-0.05, 0) is 19.3 Å². The minimum Gasteiger partial charge on any atom is -0.379 e. The zero-order valence-corrected chi connectivity index (χ0v) is 10.0. The Morgan fingerprint density at radius 2 is 2.18 bits per heavy atom. The molecule has 5 nitrogen and oxygen atoms in total. The number of carbonyl (C=O) groups is 1. The second-order valence-corrected chi connectivity index (χ2v) is 4.73. The van der Waals surface area contributed by atoms with Gasteiger partial charge >= 0.3 is 6.03 Å². The Morgan fingerprint density at radius 3 is 2.76 bits per heavy atom. The lowest BCUT2D eigenvalue weighted by atomic mass is 10.2. The molecule has 1 N–H and O–H groups in total. The van der Waals surface area contributed by atoms with Gasteiger partial charge in [0.25, 0.3) is 0 Å². The fourth-order valence-electron chi connectivity index (χ4n) is 2.56. The van der Waals surface area contributed by atoms with E-state index in [9.17, 15) is 4.79 Å². The molecule has 1 unspecified atom stereocenters. The van der Waals surface area contributed by atoms with Crippen LogP contribution in [0.25, 0.3) is 0 Å². The van der Waals surface area contributed by atoms with E-state index in [-0.39, 0.29) is 24.7 Å². The molecule has 94 valence electrons. The summed E-state index contributed by atoms with van der Waals surface area (Å²) in [5.41, 5.74) is 0. The SMILES string of the molecule is N#CCN(C(=O)NC1CCOC1)C1CCCC1. The molecule has 1 saturated carbocycles.